The summed E-state index contributed by atoms with van der Waals surface area (Å²) >= 11 is 0. The molecule has 0 bridgehead atoms. The molecule has 0 radical (unpaired) electrons. The van der Waals surface area contributed by atoms with Gasteiger partial charge in [-0.05, 0) is 43.2 Å². The molecule has 1 saturated carbocycles. The van der Waals surface area contributed by atoms with Crippen molar-refractivity contribution in [3.05, 3.63) is 29.6 Å². The van der Waals surface area contributed by atoms with Gasteiger partial charge in [0.2, 0.25) is 0 Å². The Morgan fingerprint density at radius 3 is 2.90 bits per heavy atom. The first-order valence-electron chi connectivity index (χ1n) is 8.49. The van der Waals surface area contributed by atoms with Crippen molar-refractivity contribution < 1.29 is 0 Å². The Hall–Kier alpha value is -0.890. The maximum Gasteiger partial charge on any atom is 0.0573 e. The monoisotopic (exact) mass is 274 g/mol. The molecule has 112 valence electrons. The molecule has 0 amide bonds. The molecular formula is C18H30N2. The topological polar surface area (TPSA) is 24.9 Å². The van der Waals surface area contributed by atoms with E-state index in [-0.39, 0.29) is 0 Å². The zero-order chi connectivity index (χ0) is 14.2. The summed E-state index contributed by atoms with van der Waals surface area (Å²) in [7, 11) is 0. The van der Waals surface area contributed by atoms with Crippen molar-refractivity contribution in [3.63, 3.8) is 0 Å². The van der Waals surface area contributed by atoms with Gasteiger partial charge in [0.1, 0.15) is 0 Å². The summed E-state index contributed by atoms with van der Waals surface area (Å²) in [6, 6.07) is 4.95. The van der Waals surface area contributed by atoms with Crippen molar-refractivity contribution in [2.45, 2.75) is 77.8 Å². The molecule has 2 unspecified atom stereocenters. The smallest absolute Gasteiger partial charge is 0.0573 e. The highest BCUT2D eigenvalue weighted by Crippen LogP contribution is 2.26. The third kappa shape index (κ3) is 4.59. The van der Waals surface area contributed by atoms with Gasteiger partial charge < -0.3 is 5.32 Å². The lowest BCUT2D eigenvalue weighted by atomic mass is 9.95. The summed E-state index contributed by atoms with van der Waals surface area (Å²) in [6.07, 6.45) is 12.7. The van der Waals surface area contributed by atoms with Gasteiger partial charge in [0.05, 0.1) is 5.69 Å². The van der Waals surface area contributed by atoms with E-state index >= 15 is 0 Å². The van der Waals surface area contributed by atoms with E-state index in [4.69, 9.17) is 0 Å². The molecule has 1 aromatic rings. The van der Waals surface area contributed by atoms with Crippen LogP contribution in [0.4, 0.5) is 0 Å². The van der Waals surface area contributed by atoms with Gasteiger partial charge in [0.15, 0.2) is 0 Å². The summed E-state index contributed by atoms with van der Waals surface area (Å²) < 4.78 is 0. The predicted molar refractivity (Wildman–Crippen MR) is 85.7 cm³/mol. The van der Waals surface area contributed by atoms with Gasteiger partial charge in [-0.25, -0.2) is 0 Å². The molecule has 0 saturated heterocycles. The minimum atomic E-state index is 0.698. The number of hydrogen-bond acceptors (Lipinski definition) is 2. The molecule has 1 heterocycles. The zero-order valence-corrected chi connectivity index (χ0v) is 13.2. The highest BCUT2D eigenvalue weighted by atomic mass is 14.9. The summed E-state index contributed by atoms with van der Waals surface area (Å²) in [5, 5.41) is 3.75. The van der Waals surface area contributed by atoms with Gasteiger partial charge in [-0.3, -0.25) is 4.98 Å². The molecule has 2 rings (SSSR count). The number of pyridine rings is 1. The van der Waals surface area contributed by atoms with E-state index in [0.717, 1.165) is 18.9 Å². The van der Waals surface area contributed by atoms with Crippen molar-refractivity contribution in [1.29, 1.82) is 0 Å². The highest BCUT2D eigenvalue weighted by molar-refractivity contribution is 5.19. The molecule has 2 nitrogen and oxygen atoms in total. The minimum Gasteiger partial charge on any atom is -0.308 e. The summed E-state index contributed by atoms with van der Waals surface area (Å²) in [5.41, 5.74) is 2.63. The van der Waals surface area contributed by atoms with Crippen molar-refractivity contribution in [2.24, 2.45) is 5.92 Å². The Labute approximate surface area is 124 Å². The van der Waals surface area contributed by atoms with Crippen LogP contribution in [0.15, 0.2) is 18.3 Å². The second kappa shape index (κ2) is 8.41. The fourth-order valence-corrected chi connectivity index (χ4v) is 3.47. The Balaban J connectivity index is 1.82. The molecule has 20 heavy (non-hydrogen) atoms. The maximum atomic E-state index is 4.54. The Morgan fingerprint density at radius 2 is 2.10 bits per heavy atom. The van der Waals surface area contributed by atoms with Crippen molar-refractivity contribution in [2.75, 3.05) is 0 Å². The molecule has 0 spiro atoms. The lowest BCUT2D eigenvalue weighted by molar-refractivity contribution is 0.409. The fraction of sp³-hybridized carbons (Fsp3) is 0.722. The van der Waals surface area contributed by atoms with E-state index in [1.165, 1.54) is 56.2 Å². The van der Waals surface area contributed by atoms with Gasteiger partial charge in [0, 0.05) is 18.8 Å². The second-order valence-electron chi connectivity index (χ2n) is 6.20. The van der Waals surface area contributed by atoms with E-state index in [9.17, 15) is 0 Å². The van der Waals surface area contributed by atoms with Crippen molar-refractivity contribution in [1.82, 2.24) is 10.3 Å². The average Bonchev–Trinajstić information content (AvgIpc) is 2.71. The lowest BCUT2D eigenvalue weighted by Crippen LogP contribution is -2.28. The van der Waals surface area contributed by atoms with Crippen LogP contribution in [0.1, 0.15) is 70.1 Å². The number of aromatic nitrogens is 1. The Bertz CT molecular complexity index is 389. The van der Waals surface area contributed by atoms with E-state index in [2.05, 4.69) is 30.2 Å². The van der Waals surface area contributed by atoms with Crippen molar-refractivity contribution >= 4 is 0 Å². The van der Waals surface area contributed by atoms with Crippen molar-refractivity contribution in [3.8, 4) is 0 Å². The highest BCUT2D eigenvalue weighted by Gasteiger charge is 2.18. The number of nitrogens with zero attached hydrogens (tertiary/aromatic N) is 1. The fourth-order valence-electron chi connectivity index (χ4n) is 3.47. The van der Waals surface area contributed by atoms with Gasteiger partial charge >= 0.3 is 0 Å². The van der Waals surface area contributed by atoms with Gasteiger partial charge in [-0.1, -0.05) is 45.6 Å². The Kier molecular flexibility index (Phi) is 6.52. The normalized spacial score (nSPS) is 23.5. The van der Waals surface area contributed by atoms with Crippen LogP contribution in [0.5, 0.6) is 0 Å². The summed E-state index contributed by atoms with van der Waals surface area (Å²) in [6.45, 7) is 5.46. The van der Waals surface area contributed by atoms with Crippen LogP contribution in [0, 0.1) is 5.92 Å². The van der Waals surface area contributed by atoms with E-state index in [1.54, 1.807) is 0 Å². The molecule has 1 fully saturated rings. The maximum absolute atomic E-state index is 4.54. The molecule has 2 atom stereocenters. The van der Waals surface area contributed by atoms with Crippen LogP contribution >= 0.6 is 0 Å². The van der Waals surface area contributed by atoms with Crippen LogP contribution in [-0.2, 0) is 13.0 Å². The Morgan fingerprint density at radius 1 is 1.20 bits per heavy atom. The lowest BCUT2D eigenvalue weighted by Gasteiger charge is -2.17. The third-order valence-electron chi connectivity index (χ3n) is 4.71. The molecule has 1 N–H and O–H groups in total. The minimum absolute atomic E-state index is 0.698. The summed E-state index contributed by atoms with van der Waals surface area (Å²) in [4.78, 5) is 4.54. The van der Waals surface area contributed by atoms with Crippen LogP contribution < -0.4 is 5.32 Å². The van der Waals surface area contributed by atoms with Crippen LogP contribution in [0.25, 0.3) is 0 Å². The zero-order valence-electron chi connectivity index (χ0n) is 13.2. The molecule has 2 heteroatoms. The second-order valence-corrected chi connectivity index (χ2v) is 6.20. The van der Waals surface area contributed by atoms with E-state index < -0.39 is 0 Å². The molecule has 0 aromatic carbocycles. The van der Waals surface area contributed by atoms with Crippen LogP contribution in [0.2, 0.25) is 0 Å². The first kappa shape index (κ1) is 15.5. The molecule has 1 aliphatic rings. The number of nitrogens with one attached hydrogen (secondary N) is 1. The van der Waals surface area contributed by atoms with Crippen LogP contribution in [-0.4, -0.2) is 11.0 Å². The average molecular weight is 274 g/mol. The van der Waals surface area contributed by atoms with Gasteiger partial charge in [0.25, 0.3) is 0 Å². The first-order chi connectivity index (χ1) is 9.83. The number of aryl methyl sites for hydroxylation is 1. The first-order valence-corrected chi connectivity index (χ1v) is 8.49. The largest absolute Gasteiger partial charge is 0.308 e. The molecule has 1 aromatic heterocycles. The van der Waals surface area contributed by atoms with Gasteiger partial charge in [-0.15, -0.1) is 0 Å². The van der Waals surface area contributed by atoms with Crippen LogP contribution in [0.3, 0.4) is 0 Å². The van der Waals surface area contributed by atoms with Gasteiger partial charge in [-0.2, -0.15) is 0 Å². The van der Waals surface area contributed by atoms with E-state index in [0.29, 0.717) is 6.04 Å². The number of rotatable bonds is 6. The standard InChI is InChI=1S/C18H30N2/c1-3-7-15-8-5-10-17(12-11-15)20-14-18-16(4-2)9-6-13-19-18/h6,9,13,15,17,20H,3-5,7-8,10-12,14H2,1-2H3. The molecule has 1 aliphatic carbocycles. The molecule has 0 aliphatic heterocycles. The quantitative estimate of drug-likeness (QED) is 0.773. The third-order valence-corrected chi connectivity index (χ3v) is 4.71. The number of hydrogen-bond donors (Lipinski definition) is 1. The molecular weight excluding hydrogens is 244 g/mol. The SMILES string of the molecule is CCCC1CCCC(NCc2ncccc2CC)CC1. The summed E-state index contributed by atoms with van der Waals surface area (Å²) in [5.74, 6) is 0.979. The predicted octanol–water partition coefficient (Wildman–Crippen LogP) is 4.48. The van der Waals surface area contributed by atoms with E-state index in [1.807, 2.05) is 12.3 Å².